The Morgan fingerprint density at radius 2 is 0.667 bits per heavy atom. The van der Waals surface area contributed by atoms with Crippen LogP contribution in [0.3, 0.4) is 0 Å². The first kappa shape index (κ1) is 23.4. The maximum Gasteiger partial charge on any atom is 0.303 e. The lowest BCUT2D eigenvalue weighted by atomic mass is 10.2. The van der Waals surface area contributed by atoms with Crippen molar-refractivity contribution >= 4 is 23.9 Å². The molecular formula is C16H22O8. The molecule has 8 nitrogen and oxygen atoms in total. The molecule has 0 aliphatic rings. The molecule has 0 unspecified atom stereocenters. The van der Waals surface area contributed by atoms with Crippen molar-refractivity contribution in [3.63, 3.8) is 0 Å². The minimum atomic E-state index is -1.08. The molecule has 0 aliphatic carbocycles. The molecule has 1 rings (SSSR count). The summed E-state index contributed by atoms with van der Waals surface area (Å²) < 4.78 is 0. The van der Waals surface area contributed by atoms with Crippen molar-refractivity contribution in [2.24, 2.45) is 0 Å². The number of carboxylic acid groups (broad SMARTS) is 4. The molecule has 4 N–H and O–H groups in total. The Morgan fingerprint density at radius 1 is 0.458 bits per heavy atom. The van der Waals surface area contributed by atoms with Crippen LogP contribution in [0.25, 0.3) is 0 Å². The highest BCUT2D eigenvalue weighted by atomic mass is 16.4. The van der Waals surface area contributed by atoms with Gasteiger partial charge in [-0.15, -0.1) is 0 Å². The Labute approximate surface area is 139 Å². The second-order valence-electron chi connectivity index (χ2n) is 4.44. The van der Waals surface area contributed by atoms with E-state index >= 15 is 0 Å². The van der Waals surface area contributed by atoms with Gasteiger partial charge >= 0.3 is 23.9 Å². The van der Waals surface area contributed by atoms with Crippen molar-refractivity contribution in [1.82, 2.24) is 0 Å². The van der Waals surface area contributed by atoms with E-state index in [9.17, 15) is 19.2 Å². The fourth-order valence-corrected chi connectivity index (χ4v) is 1.15. The number of hydrogen-bond donors (Lipinski definition) is 4. The quantitative estimate of drug-likeness (QED) is 0.526. The predicted octanol–water partition coefficient (Wildman–Crippen LogP) is 2.34. The van der Waals surface area contributed by atoms with Gasteiger partial charge in [0.2, 0.25) is 0 Å². The van der Waals surface area contributed by atoms with Gasteiger partial charge in [0.15, 0.2) is 0 Å². The van der Waals surface area contributed by atoms with Gasteiger partial charge in [-0.3, -0.25) is 19.2 Å². The monoisotopic (exact) mass is 342 g/mol. The average Bonchev–Trinajstić information content (AvgIpc) is 2.52. The first-order chi connectivity index (χ1) is 11.3. The maximum atomic E-state index is 9.90. The summed E-state index contributed by atoms with van der Waals surface area (Å²) in [6.07, 6.45) is 0.425. The first-order valence-corrected chi connectivity index (χ1v) is 7.13. The largest absolute Gasteiger partial charge is 0.481 e. The normalized spacial score (nSPS) is 8.67. The minimum Gasteiger partial charge on any atom is -0.481 e. The van der Waals surface area contributed by atoms with E-state index in [1.54, 1.807) is 0 Å². The van der Waals surface area contributed by atoms with E-state index in [0.717, 1.165) is 0 Å². The standard InChI is InChI=1S/C6H10O4.C6H6.C4H6O4/c7-5(8)3-1-2-4-6(9)10;1-2-4-6-5-3-1;5-3(6)1-2-4(7)8/h1-4H2,(H,7,8)(H,9,10);1-6H;1-2H2,(H,5,6)(H,7,8). The Morgan fingerprint density at radius 3 is 0.833 bits per heavy atom. The fraction of sp³-hybridized carbons (Fsp3) is 0.375. The van der Waals surface area contributed by atoms with E-state index in [1.807, 2.05) is 36.4 Å². The smallest absolute Gasteiger partial charge is 0.303 e. The molecule has 0 amide bonds. The number of carboxylic acids is 4. The number of hydrogen-bond acceptors (Lipinski definition) is 4. The van der Waals surface area contributed by atoms with Crippen LogP contribution in [0.5, 0.6) is 0 Å². The molecule has 1 aromatic carbocycles. The van der Waals surface area contributed by atoms with E-state index in [1.165, 1.54) is 0 Å². The molecule has 134 valence electrons. The molecular weight excluding hydrogens is 320 g/mol. The van der Waals surface area contributed by atoms with Crippen LogP contribution in [0.4, 0.5) is 0 Å². The molecule has 0 aromatic heterocycles. The lowest BCUT2D eigenvalue weighted by molar-refractivity contribution is -0.143. The minimum absolute atomic E-state index is 0.0628. The van der Waals surface area contributed by atoms with Gasteiger partial charge in [-0.05, 0) is 12.8 Å². The zero-order chi connectivity index (χ0) is 18.8. The zero-order valence-corrected chi connectivity index (χ0v) is 13.1. The molecule has 0 aliphatic heterocycles. The van der Waals surface area contributed by atoms with Crippen LogP contribution in [-0.2, 0) is 19.2 Å². The zero-order valence-electron chi connectivity index (χ0n) is 13.1. The van der Waals surface area contributed by atoms with Crippen molar-refractivity contribution < 1.29 is 39.6 Å². The van der Waals surface area contributed by atoms with Gasteiger partial charge in [0.1, 0.15) is 0 Å². The summed E-state index contributed by atoms with van der Waals surface area (Å²) in [4.78, 5) is 39.1. The van der Waals surface area contributed by atoms with Crippen LogP contribution in [0, 0.1) is 0 Å². The molecule has 0 radical (unpaired) electrons. The van der Waals surface area contributed by atoms with E-state index < -0.39 is 23.9 Å². The van der Waals surface area contributed by atoms with Crippen LogP contribution < -0.4 is 0 Å². The van der Waals surface area contributed by atoms with Gasteiger partial charge in [0.25, 0.3) is 0 Å². The highest BCUT2D eigenvalue weighted by Gasteiger charge is 2.00. The highest BCUT2D eigenvalue weighted by Crippen LogP contribution is 1.98. The number of benzene rings is 1. The van der Waals surface area contributed by atoms with Crippen molar-refractivity contribution in [1.29, 1.82) is 0 Å². The second-order valence-corrected chi connectivity index (χ2v) is 4.44. The van der Waals surface area contributed by atoms with E-state index in [0.29, 0.717) is 12.8 Å². The van der Waals surface area contributed by atoms with E-state index in [-0.39, 0.29) is 25.7 Å². The number of aliphatic carboxylic acids is 4. The van der Waals surface area contributed by atoms with Crippen molar-refractivity contribution in [2.75, 3.05) is 0 Å². The Kier molecular flexibility index (Phi) is 16.0. The van der Waals surface area contributed by atoms with Gasteiger partial charge in [0, 0.05) is 12.8 Å². The molecule has 1 aromatic rings. The fourth-order valence-electron chi connectivity index (χ4n) is 1.15. The number of unbranched alkanes of at least 4 members (excludes halogenated alkanes) is 1. The topological polar surface area (TPSA) is 149 Å². The molecule has 0 spiro atoms. The molecule has 0 saturated carbocycles. The summed E-state index contributed by atoms with van der Waals surface area (Å²) in [5, 5.41) is 32.1. The number of rotatable bonds is 8. The third kappa shape index (κ3) is 27.4. The molecule has 0 saturated heterocycles. The van der Waals surface area contributed by atoms with E-state index in [4.69, 9.17) is 20.4 Å². The number of carbonyl (C=O) groups is 4. The lowest BCUT2D eigenvalue weighted by Crippen LogP contribution is -2.00. The van der Waals surface area contributed by atoms with Gasteiger partial charge in [-0.1, -0.05) is 36.4 Å². The summed E-state index contributed by atoms with van der Waals surface area (Å²) in [7, 11) is 0. The van der Waals surface area contributed by atoms with Gasteiger partial charge in [-0.25, -0.2) is 0 Å². The molecule has 0 heterocycles. The third-order valence-corrected chi connectivity index (χ3v) is 2.25. The summed E-state index contributed by atoms with van der Waals surface area (Å²) in [5.41, 5.74) is 0. The predicted molar refractivity (Wildman–Crippen MR) is 84.7 cm³/mol. The summed E-state index contributed by atoms with van der Waals surface area (Å²) in [6.45, 7) is 0. The Balaban J connectivity index is 0. The van der Waals surface area contributed by atoms with Crippen molar-refractivity contribution in [2.45, 2.75) is 38.5 Å². The summed E-state index contributed by atoms with van der Waals surface area (Å²) in [6, 6.07) is 12.0. The van der Waals surface area contributed by atoms with Crippen LogP contribution in [0.1, 0.15) is 38.5 Å². The molecule has 0 fully saturated rings. The van der Waals surface area contributed by atoms with Gasteiger partial charge < -0.3 is 20.4 Å². The summed E-state index contributed by atoms with van der Waals surface area (Å²) >= 11 is 0. The lowest BCUT2D eigenvalue weighted by Gasteiger charge is -1.92. The van der Waals surface area contributed by atoms with Gasteiger partial charge in [0.05, 0.1) is 12.8 Å². The van der Waals surface area contributed by atoms with Crippen LogP contribution in [-0.4, -0.2) is 44.3 Å². The van der Waals surface area contributed by atoms with Gasteiger partial charge in [-0.2, -0.15) is 0 Å². The first-order valence-electron chi connectivity index (χ1n) is 7.13. The molecule has 24 heavy (non-hydrogen) atoms. The summed E-state index contributed by atoms with van der Waals surface area (Å²) in [5.74, 6) is -3.89. The van der Waals surface area contributed by atoms with Crippen molar-refractivity contribution in [3.8, 4) is 0 Å². The van der Waals surface area contributed by atoms with Crippen LogP contribution >= 0.6 is 0 Å². The molecule has 8 heteroatoms. The molecule has 0 atom stereocenters. The molecule has 0 bridgehead atoms. The second kappa shape index (κ2) is 16.5. The third-order valence-electron chi connectivity index (χ3n) is 2.25. The maximum absolute atomic E-state index is 9.90. The average molecular weight is 342 g/mol. The van der Waals surface area contributed by atoms with Crippen LogP contribution in [0.2, 0.25) is 0 Å². The van der Waals surface area contributed by atoms with Crippen LogP contribution in [0.15, 0.2) is 36.4 Å². The highest BCUT2D eigenvalue weighted by molar-refractivity contribution is 5.75. The SMILES string of the molecule is O=C(O)CCC(=O)O.O=C(O)CCCCC(=O)O.c1ccccc1. The van der Waals surface area contributed by atoms with E-state index in [2.05, 4.69) is 0 Å². The Hall–Kier alpha value is -2.90. The Bertz CT molecular complexity index is 427. The van der Waals surface area contributed by atoms with Crippen molar-refractivity contribution in [3.05, 3.63) is 36.4 Å².